The van der Waals surface area contributed by atoms with E-state index in [1.165, 1.54) is 6.20 Å². The van der Waals surface area contributed by atoms with E-state index >= 15 is 0 Å². The zero-order valence-corrected chi connectivity index (χ0v) is 7.32. The predicted molar refractivity (Wildman–Crippen MR) is 46.7 cm³/mol. The Balaban J connectivity index is 2.83. The molecule has 1 aromatic heterocycles. The van der Waals surface area contributed by atoms with E-state index in [0.29, 0.717) is 5.39 Å². The van der Waals surface area contributed by atoms with Gasteiger partial charge in [-0.25, -0.2) is 0 Å². The second kappa shape index (κ2) is 3.20. The summed E-state index contributed by atoms with van der Waals surface area (Å²) in [5, 5.41) is 8.51. The Morgan fingerprint density at radius 3 is 2.85 bits per heavy atom. The van der Waals surface area contributed by atoms with Crippen LogP contribution in [-0.4, -0.2) is 19.0 Å². The first kappa shape index (κ1) is 8.28. The minimum absolute atomic E-state index is 0.00176. The fraction of sp³-hybridized carbons (Fsp3) is 0. The number of rotatable bonds is 1. The molecule has 0 aliphatic heterocycles. The fourth-order valence-electron chi connectivity index (χ4n) is 1.12. The van der Waals surface area contributed by atoms with Crippen LogP contribution in [-0.2, 0) is 11.1 Å². The molecule has 0 amide bonds. The van der Waals surface area contributed by atoms with E-state index in [9.17, 15) is 8.76 Å². The van der Waals surface area contributed by atoms with E-state index in [-0.39, 0.29) is 5.03 Å². The Morgan fingerprint density at radius 1 is 1.31 bits per heavy atom. The maximum Gasteiger partial charge on any atom is 0.143 e. The molecule has 0 saturated carbocycles. The summed E-state index contributed by atoms with van der Waals surface area (Å²) in [4.78, 5) is 0. The van der Waals surface area contributed by atoms with Crippen molar-refractivity contribution in [3.63, 3.8) is 0 Å². The smallest absolute Gasteiger partial charge is 0.143 e. The molecular formula is C8H5N2O2S-. The molecule has 4 nitrogen and oxygen atoms in total. The second-order valence-corrected chi connectivity index (χ2v) is 3.33. The molecule has 0 spiro atoms. The van der Waals surface area contributed by atoms with Gasteiger partial charge in [0.25, 0.3) is 0 Å². The quantitative estimate of drug-likeness (QED) is 0.630. The summed E-state index contributed by atoms with van der Waals surface area (Å²) in [5.41, 5.74) is 0. The molecule has 2 aromatic rings. The molecule has 1 unspecified atom stereocenters. The van der Waals surface area contributed by atoms with Crippen molar-refractivity contribution >= 4 is 21.9 Å². The van der Waals surface area contributed by atoms with Gasteiger partial charge in [0.15, 0.2) is 0 Å². The molecule has 1 aromatic carbocycles. The van der Waals surface area contributed by atoms with Crippen LogP contribution in [0.25, 0.3) is 10.8 Å². The maximum atomic E-state index is 10.7. The first-order valence-electron chi connectivity index (χ1n) is 3.59. The molecular weight excluding hydrogens is 188 g/mol. The average Bonchev–Trinajstić information content (AvgIpc) is 2.17. The molecule has 0 saturated heterocycles. The summed E-state index contributed by atoms with van der Waals surface area (Å²) in [6, 6.07) is 7.08. The third-order valence-electron chi connectivity index (χ3n) is 1.69. The van der Waals surface area contributed by atoms with Gasteiger partial charge < -0.3 is 4.55 Å². The van der Waals surface area contributed by atoms with Crippen molar-refractivity contribution in [3.05, 3.63) is 30.5 Å². The van der Waals surface area contributed by atoms with Crippen LogP contribution in [0.3, 0.4) is 0 Å². The Morgan fingerprint density at radius 2 is 2.08 bits per heavy atom. The highest BCUT2D eigenvalue weighted by molar-refractivity contribution is 7.79. The number of hydrogen-bond acceptors (Lipinski definition) is 4. The third kappa shape index (κ3) is 1.43. The van der Waals surface area contributed by atoms with E-state index in [1.807, 2.05) is 6.07 Å². The van der Waals surface area contributed by atoms with Crippen LogP contribution in [0.4, 0.5) is 0 Å². The van der Waals surface area contributed by atoms with Gasteiger partial charge in [-0.1, -0.05) is 24.3 Å². The standard InChI is InChI=1S/C8H6N2O2S/c11-13(12)8-7-4-2-1-3-6(7)5-9-10-8/h1-5H,(H,11,12)/p-1. The monoisotopic (exact) mass is 193 g/mol. The maximum absolute atomic E-state index is 10.7. The zero-order chi connectivity index (χ0) is 9.26. The van der Waals surface area contributed by atoms with E-state index in [4.69, 9.17) is 0 Å². The van der Waals surface area contributed by atoms with Gasteiger partial charge in [-0.05, 0) is 11.1 Å². The van der Waals surface area contributed by atoms with Gasteiger partial charge in [0.1, 0.15) is 5.03 Å². The molecule has 0 aliphatic carbocycles. The van der Waals surface area contributed by atoms with Crippen molar-refractivity contribution in [1.29, 1.82) is 0 Å². The van der Waals surface area contributed by atoms with Gasteiger partial charge >= 0.3 is 0 Å². The van der Waals surface area contributed by atoms with Crippen molar-refractivity contribution in [2.75, 3.05) is 0 Å². The first-order valence-corrected chi connectivity index (χ1v) is 4.66. The molecule has 13 heavy (non-hydrogen) atoms. The molecule has 0 radical (unpaired) electrons. The van der Waals surface area contributed by atoms with Gasteiger partial charge in [0, 0.05) is 10.8 Å². The van der Waals surface area contributed by atoms with Crippen LogP contribution < -0.4 is 0 Å². The highest BCUT2D eigenvalue weighted by atomic mass is 32.2. The lowest BCUT2D eigenvalue weighted by atomic mass is 10.2. The fourth-order valence-corrected chi connectivity index (χ4v) is 1.60. The van der Waals surface area contributed by atoms with Gasteiger partial charge in [0.2, 0.25) is 0 Å². The number of nitrogens with zero attached hydrogens (tertiary/aromatic N) is 2. The first-order chi connectivity index (χ1) is 6.29. The van der Waals surface area contributed by atoms with E-state index in [0.717, 1.165) is 5.39 Å². The summed E-state index contributed by atoms with van der Waals surface area (Å²) >= 11 is -2.33. The van der Waals surface area contributed by atoms with Crippen molar-refractivity contribution < 1.29 is 8.76 Å². The molecule has 5 heteroatoms. The van der Waals surface area contributed by atoms with Crippen LogP contribution in [0.1, 0.15) is 0 Å². The molecule has 2 rings (SSSR count). The largest absolute Gasteiger partial charge is 0.767 e. The van der Waals surface area contributed by atoms with Crippen molar-refractivity contribution in [3.8, 4) is 0 Å². The molecule has 66 valence electrons. The Bertz CT molecular complexity index is 467. The highest BCUT2D eigenvalue weighted by Crippen LogP contribution is 2.16. The SMILES string of the molecule is O=S([O-])c1nncc2ccccc12. The van der Waals surface area contributed by atoms with Crippen molar-refractivity contribution in [2.24, 2.45) is 0 Å². The summed E-state index contributed by atoms with van der Waals surface area (Å²) in [7, 11) is 0. The van der Waals surface area contributed by atoms with Gasteiger partial charge in [-0.15, -0.1) is 5.10 Å². The number of benzene rings is 1. The average molecular weight is 193 g/mol. The Hall–Kier alpha value is -1.33. The van der Waals surface area contributed by atoms with Gasteiger partial charge in [-0.2, -0.15) is 5.10 Å². The molecule has 0 fully saturated rings. The minimum Gasteiger partial charge on any atom is -0.767 e. The van der Waals surface area contributed by atoms with Crippen LogP contribution in [0, 0.1) is 0 Å². The zero-order valence-electron chi connectivity index (χ0n) is 6.51. The Labute approximate surface area is 76.9 Å². The van der Waals surface area contributed by atoms with E-state index < -0.39 is 11.1 Å². The molecule has 1 heterocycles. The minimum atomic E-state index is -2.33. The van der Waals surface area contributed by atoms with Gasteiger partial charge in [0.05, 0.1) is 6.20 Å². The summed E-state index contributed by atoms with van der Waals surface area (Å²) in [6.45, 7) is 0. The predicted octanol–water partition coefficient (Wildman–Crippen LogP) is 0.868. The topological polar surface area (TPSA) is 65.9 Å². The van der Waals surface area contributed by atoms with Crippen LogP contribution in [0.15, 0.2) is 35.5 Å². The lowest BCUT2D eigenvalue weighted by Crippen LogP contribution is -1.96. The van der Waals surface area contributed by atoms with E-state index in [1.54, 1.807) is 18.2 Å². The highest BCUT2D eigenvalue weighted by Gasteiger charge is 2.01. The van der Waals surface area contributed by atoms with Crippen LogP contribution >= 0.6 is 0 Å². The van der Waals surface area contributed by atoms with Crippen molar-refractivity contribution in [1.82, 2.24) is 10.2 Å². The Kier molecular flexibility index (Phi) is 2.03. The second-order valence-electron chi connectivity index (χ2n) is 2.47. The van der Waals surface area contributed by atoms with E-state index in [2.05, 4.69) is 10.2 Å². The summed E-state index contributed by atoms with van der Waals surface area (Å²) in [5.74, 6) is 0. The van der Waals surface area contributed by atoms with Gasteiger partial charge in [-0.3, -0.25) is 4.21 Å². The summed E-state index contributed by atoms with van der Waals surface area (Å²) < 4.78 is 21.4. The van der Waals surface area contributed by atoms with Crippen LogP contribution in [0.2, 0.25) is 0 Å². The molecule has 0 aliphatic rings. The van der Waals surface area contributed by atoms with Crippen LogP contribution in [0.5, 0.6) is 0 Å². The number of hydrogen-bond donors (Lipinski definition) is 0. The lowest BCUT2D eigenvalue weighted by molar-refractivity contribution is 0.533. The van der Waals surface area contributed by atoms with Crippen molar-refractivity contribution in [2.45, 2.75) is 5.03 Å². The summed E-state index contributed by atoms with van der Waals surface area (Å²) in [6.07, 6.45) is 1.53. The molecule has 0 bridgehead atoms. The molecule has 0 N–H and O–H groups in total. The number of aromatic nitrogens is 2. The normalized spacial score (nSPS) is 13.0. The third-order valence-corrected chi connectivity index (χ3v) is 2.31. The molecule has 1 atom stereocenters. The number of fused-ring (bicyclic) bond motifs is 1. The lowest BCUT2D eigenvalue weighted by Gasteiger charge is -2.05.